The van der Waals surface area contributed by atoms with Crippen LogP contribution in [-0.2, 0) is 4.79 Å². The number of rotatable bonds is 5. The molecule has 0 radical (unpaired) electrons. The molecule has 1 unspecified atom stereocenters. The van der Waals surface area contributed by atoms with Gasteiger partial charge >= 0.3 is 0 Å². The Morgan fingerprint density at radius 2 is 2.05 bits per heavy atom. The first kappa shape index (κ1) is 15.8. The predicted octanol–water partition coefficient (Wildman–Crippen LogP) is 3.95. The number of amides is 1. The second-order valence-electron chi connectivity index (χ2n) is 5.00. The molecule has 0 spiro atoms. The van der Waals surface area contributed by atoms with E-state index in [-0.39, 0.29) is 18.5 Å². The van der Waals surface area contributed by atoms with E-state index < -0.39 is 0 Å². The number of furan rings is 1. The van der Waals surface area contributed by atoms with Crippen LogP contribution < -0.4 is 10.6 Å². The van der Waals surface area contributed by atoms with Crippen LogP contribution in [0, 0.1) is 13.8 Å². The van der Waals surface area contributed by atoms with Crippen molar-refractivity contribution >= 4 is 27.5 Å². The highest BCUT2D eigenvalue weighted by atomic mass is 79.9. The largest absolute Gasteiger partial charge is 0.466 e. The van der Waals surface area contributed by atoms with E-state index in [1.54, 1.807) is 0 Å². The van der Waals surface area contributed by atoms with Gasteiger partial charge in [0, 0.05) is 16.1 Å². The molecule has 4 nitrogen and oxygen atoms in total. The molecule has 1 amide bonds. The van der Waals surface area contributed by atoms with Crippen LogP contribution in [-0.4, -0.2) is 12.5 Å². The lowest BCUT2D eigenvalue weighted by Gasteiger charge is -2.13. The topological polar surface area (TPSA) is 54.3 Å². The summed E-state index contributed by atoms with van der Waals surface area (Å²) in [5.41, 5.74) is 1.86. The van der Waals surface area contributed by atoms with Gasteiger partial charge in [-0.15, -0.1) is 0 Å². The number of hydrogen-bond acceptors (Lipinski definition) is 3. The molecule has 0 saturated carbocycles. The van der Waals surface area contributed by atoms with Crippen LogP contribution in [0.3, 0.4) is 0 Å². The van der Waals surface area contributed by atoms with Gasteiger partial charge in [-0.05, 0) is 54.9 Å². The van der Waals surface area contributed by atoms with Crippen molar-refractivity contribution in [1.29, 1.82) is 0 Å². The average Bonchev–Trinajstić information content (AvgIpc) is 2.78. The van der Waals surface area contributed by atoms with Crippen LogP contribution >= 0.6 is 15.9 Å². The van der Waals surface area contributed by atoms with Crippen molar-refractivity contribution in [2.45, 2.75) is 26.8 Å². The Morgan fingerprint density at radius 1 is 1.33 bits per heavy atom. The SMILES string of the molecule is Cc1cc(C(C)NCC(=O)Nc2ccccc2Br)c(C)o1. The van der Waals surface area contributed by atoms with Crippen molar-refractivity contribution in [2.24, 2.45) is 0 Å². The zero-order chi connectivity index (χ0) is 15.4. The van der Waals surface area contributed by atoms with Gasteiger partial charge in [0.2, 0.25) is 5.91 Å². The minimum Gasteiger partial charge on any atom is -0.466 e. The van der Waals surface area contributed by atoms with E-state index in [0.717, 1.165) is 27.2 Å². The lowest BCUT2D eigenvalue weighted by atomic mass is 10.1. The fraction of sp³-hybridized carbons (Fsp3) is 0.312. The normalized spacial score (nSPS) is 12.2. The summed E-state index contributed by atoms with van der Waals surface area (Å²) in [4.78, 5) is 12.0. The predicted molar refractivity (Wildman–Crippen MR) is 87.4 cm³/mol. The molecule has 112 valence electrons. The fourth-order valence-electron chi connectivity index (χ4n) is 2.19. The maximum Gasteiger partial charge on any atom is 0.238 e. The summed E-state index contributed by atoms with van der Waals surface area (Å²) in [7, 11) is 0. The molecule has 0 bridgehead atoms. The van der Waals surface area contributed by atoms with E-state index in [9.17, 15) is 4.79 Å². The molecule has 21 heavy (non-hydrogen) atoms. The van der Waals surface area contributed by atoms with Crippen LogP contribution in [0.5, 0.6) is 0 Å². The first-order valence-corrected chi connectivity index (χ1v) is 7.61. The number of halogens is 1. The van der Waals surface area contributed by atoms with Gasteiger partial charge in [0.15, 0.2) is 0 Å². The number of aryl methyl sites for hydroxylation is 2. The third kappa shape index (κ3) is 4.19. The summed E-state index contributed by atoms with van der Waals surface area (Å²) >= 11 is 3.41. The van der Waals surface area contributed by atoms with E-state index in [2.05, 4.69) is 26.6 Å². The van der Waals surface area contributed by atoms with Gasteiger partial charge in [-0.1, -0.05) is 12.1 Å². The van der Waals surface area contributed by atoms with Crippen molar-refractivity contribution in [1.82, 2.24) is 5.32 Å². The molecule has 0 aliphatic heterocycles. The summed E-state index contributed by atoms with van der Waals surface area (Å²) in [6.45, 7) is 6.11. The molecule has 1 aromatic carbocycles. The number of anilines is 1. The van der Waals surface area contributed by atoms with Crippen molar-refractivity contribution in [2.75, 3.05) is 11.9 Å². The molecule has 1 heterocycles. The van der Waals surface area contributed by atoms with Gasteiger partial charge in [-0.2, -0.15) is 0 Å². The Kier molecular flexibility index (Phi) is 5.20. The van der Waals surface area contributed by atoms with Gasteiger partial charge in [-0.3, -0.25) is 4.79 Å². The van der Waals surface area contributed by atoms with Crippen LogP contribution in [0.2, 0.25) is 0 Å². The molecule has 1 atom stereocenters. The zero-order valence-corrected chi connectivity index (χ0v) is 14.0. The first-order chi connectivity index (χ1) is 9.97. The van der Waals surface area contributed by atoms with Crippen LogP contribution in [0.25, 0.3) is 0 Å². The van der Waals surface area contributed by atoms with Gasteiger partial charge in [0.1, 0.15) is 11.5 Å². The maximum absolute atomic E-state index is 12.0. The molecular formula is C16H19BrN2O2. The molecule has 2 N–H and O–H groups in total. The Hall–Kier alpha value is -1.59. The van der Waals surface area contributed by atoms with E-state index in [1.807, 2.05) is 51.1 Å². The zero-order valence-electron chi connectivity index (χ0n) is 12.4. The summed E-state index contributed by atoms with van der Waals surface area (Å²) in [6, 6.07) is 9.60. The Labute approximate surface area is 133 Å². The minimum atomic E-state index is -0.0772. The Morgan fingerprint density at radius 3 is 2.67 bits per heavy atom. The molecule has 0 saturated heterocycles. The Balaban J connectivity index is 1.89. The van der Waals surface area contributed by atoms with E-state index >= 15 is 0 Å². The van der Waals surface area contributed by atoms with E-state index in [4.69, 9.17) is 4.42 Å². The summed E-state index contributed by atoms with van der Waals surface area (Å²) in [6.07, 6.45) is 0. The lowest BCUT2D eigenvalue weighted by Crippen LogP contribution is -2.30. The molecular weight excluding hydrogens is 332 g/mol. The molecule has 0 aliphatic rings. The quantitative estimate of drug-likeness (QED) is 0.858. The van der Waals surface area contributed by atoms with Crippen LogP contribution in [0.15, 0.2) is 39.2 Å². The number of benzene rings is 1. The van der Waals surface area contributed by atoms with Crippen LogP contribution in [0.1, 0.15) is 30.0 Å². The maximum atomic E-state index is 12.0. The fourth-order valence-corrected chi connectivity index (χ4v) is 2.58. The van der Waals surface area contributed by atoms with Crippen molar-refractivity contribution < 1.29 is 9.21 Å². The average molecular weight is 351 g/mol. The van der Waals surface area contributed by atoms with Gasteiger partial charge < -0.3 is 15.1 Å². The molecule has 0 fully saturated rings. The third-order valence-corrected chi connectivity index (χ3v) is 3.95. The summed E-state index contributed by atoms with van der Waals surface area (Å²) in [5, 5.41) is 6.07. The number of para-hydroxylation sites is 1. The lowest BCUT2D eigenvalue weighted by molar-refractivity contribution is -0.115. The molecule has 2 aromatic rings. The highest BCUT2D eigenvalue weighted by Crippen LogP contribution is 2.22. The summed E-state index contributed by atoms with van der Waals surface area (Å²) in [5.74, 6) is 1.69. The second kappa shape index (κ2) is 6.91. The van der Waals surface area contributed by atoms with Gasteiger partial charge in [0.25, 0.3) is 0 Å². The standard InChI is InChI=1S/C16H19BrN2O2/c1-10-8-13(12(3)21-10)11(2)18-9-16(20)19-15-7-5-4-6-14(15)17/h4-8,11,18H,9H2,1-3H3,(H,19,20). The highest BCUT2D eigenvalue weighted by Gasteiger charge is 2.13. The Bertz CT molecular complexity index is 637. The summed E-state index contributed by atoms with van der Waals surface area (Å²) < 4.78 is 6.38. The minimum absolute atomic E-state index is 0.0624. The van der Waals surface area contributed by atoms with Gasteiger partial charge in [-0.25, -0.2) is 0 Å². The van der Waals surface area contributed by atoms with Crippen molar-refractivity contribution in [3.63, 3.8) is 0 Å². The molecule has 1 aromatic heterocycles. The molecule has 5 heteroatoms. The number of carbonyl (C=O) groups is 1. The van der Waals surface area contributed by atoms with Crippen molar-refractivity contribution in [3.05, 3.63) is 51.9 Å². The second-order valence-corrected chi connectivity index (χ2v) is 5.85. The molecule has 0 aliphatic carbocycles. The van der Waals surface area contributed by atoms with E-state index in [0.29, 0.717) is 0 Å². The first-order valence-electron chi connectivity index (χ1n) is 6.82. The van der Waals surface area contributed by atoms with E-state index in [1.165, 1.54) is 0 Å². The van der Waals surface area contributed by atoms with Crippen LogP contribution in [0.4, 0.5) is 5.69 Å². The number of carbonyl (C=O) groups excluding carboxylic acids is 1. The van der Waals surface area contributed by atoms with Crippen molar-refractivity contribution in [3.8, 4) is 0 Å². The monoisotopic (exact) mass is 350 g/mol. The smallest absolute Gasteiger partial charge is 0.238 e. The molecule has 2 rings (SSSR count). The van der Waals surface area contributed by atoms with Gasteiger partial charge in [0.05, 0.1) is 12.2 Å². The number of hydrogen-bond donors (Lipinski definition) is 2. The highest BCUT2D eigenvalue weighted by molar-refractivity contribution is 9.10. The third-order valence-electron chi connectivity index (χ3n) is 3.26. The number of nitrogens with one attached hydrogen (secondary N) is 2.